The summed E-state index contributed by atoms with van der Waals surface area (Å²) in [5.41, 5.74) is 1.92. The molecule has 0 aromatic rings. The topological polar surface area (TPSA) is 58.2 Å². The van der Waals surface area contributed by atoms with E-state index in [4.69, 9.17) is 0 Å². The minimum absolute atomic E-state index is 0.120. The first-order chi connectivity index (χ1) is 12.0. The van der Waals surface area contributed by atoms with Crippen LogP contribution in [0.2, 0.25) is 0 Å². The van der Waals surface area contributed by atoms with Gasteiger partial charge < -0.3 is 10.6 Å². The van der Waals surface area contributed by atoms with Crippen molar-refractivity contribution in [3.63, 3.8) is 0 Å². The maximum Gasteiger partial charge on any atom is 0.251 e. The molecule has 0 heterocycles. The highest BCUT2D eigenvalue weighted by Gasteiger charge is 2.17. The highest BCUT2D eigenvalue weighted by Crippen LogP contribution is 2.13. The maximum absolute atomic E-state index is 12.3. The lowest BCUT2D eigenvalue weighted by Crippen LogP contribution is -2.37. The van der Waals surface area contributed by atoms with Crippen LogP contribution in [0.4, 0.5) is 0 Å². The van der Waals surface area contributed by atoms with Crippen molar-refractivity contribution >= 4 is 11.8 Å². The molecule has 0 bridgehead atoms. The number of carbonyl (C=O) groups excluding carboxylic acids is 2. The van der Waals surface area contributed by atoms with Crippen LogP contribution < -0.4 is 10.6 Å². The smallest absolute Gasteiger partial charge is 0.251 e. The van der Waals surface area contributed by atoms with Gasteiger partial charge in [0.05, 0.1) is 6.04 Å². The average molecular weight is 338 g/mol. The first kappa shape index (κ1) is 20.2. The quantitative estimate of drug-likeness (QED) is 0.524. The third-order valence-electron chi connectivity index (χ3n) is 3.61. The molecule has 0 aromatic carbocycles. The van der Waals surface area contributed by atoms with Crippen LogP contribution in [-0.2, 0) is 9.59 Å². The number of hydrogen-bond donors (Lipinski definition) is 2. The van der Waals surface area contributed by atoms with Crippen molar-refractivity contribution in [3.8, 4) is 0 Å². The number of carbonyl (C=O) groups is 2. The Morgan fingerprint density at radius 3 is 2.64 bits per heavy atom. The largest absolute Gasteiger partial charge is 0.345 e. The third kappa shape index (κ3) is 6.63. The van der Waals surface area contributed by atoms with Crippen LogP contribution in [0.3, 0.4) is 0 Å². The van der Waals surface area contributed by atoms with Crippen molar-refractivity contribution in [2.75, 3.05) is 0 Å². The minimum atomic E-state index is -0.223. The molecule has 0 saturated carbocycles. The maximum atomic E-state index is 12.3. The second-order valence-electron chi connectivity index (χ2n) is 5.45. The molecule has 4 nitrogen and oxygen atoms in total. The lowest BCUT2D eigenvalue weighted by Gasteiger charge is -2.21. The summed E-state index contributed by atoms with van der Waals surface area (Å²) in [6, 6.07) is -0.189. The van der Waals surface area contributed by atoms with E-state index in [9.17, 15) is 9.59 Å². The third-order valence-corrected chi connectivity index (χ3v) is 3.61. The summed E-state index contributed by atoms with van der Waals surface area (Å²) in [5.74, 6) is -0.343. The van der Waals surface area contributed by atoms with Crippen molar-refractivity contribution in [1.29, 1.82) is 0 Å². The lowest BCUT2D eigenvalue weighted by molar-refractivity contribution is -0.117. The molecule has 1 aliphatic carbocycles. The van der Waals surface area contributed by atoms with Crippen LogP contribution in [0.25, 0.3) is 0 Å². The van der Waals surface area contributed by atoms with Crippen LogP contribution in [0.1, 0.15) is 26.7 Å². The average Bonchev–Trinajstić information content (AvgIpc) is 2.60. The van der Waals surface area contributed by atoms with Gasteiger partial charge in [0, 0.05) is 23.3 Å². The highest BCUT2D eigenvalue weighted by molar-refractivity contribution is 5.97. The molecule has 0 fully saturated rings. The van der Waals surface area contributed by atoms with Crippen molar-refractivity contribution in [2.45, 2.75) is 32.7 Å². The van der Waals surface area contributed by atoms with Gasteiger partial charge in [0.25, 0.3) is 11.8 Å². The number of amides is 2. The second-order valence-corrected chi connectivity index (χ2v) is 5.45. The molecule has 1 rings (SSSR count). The zero-order valence-electron chi connectivity index (χ0n) is 14.9. The summed E-state index contributed by atoms with van der Waals surface area (Å²) in [6.07, 6.45) is 16.9. The molecular weight excluding hydrogens is 312 g/mol. The zero-order chi connectivity index (χ0) is 18.7. The normalized spacial score (nSPS) is 17.8. The summed E-state index contributed by atoms with van der Waals surface area (Å²) < 4.78 is 0. The molecule has 2 amide bonds. The Hall–Kier alpha value is -2.88. The summed E-state index contributed by atoms with van der Waals surface area (Å²) >= 11 is 0. The van der Waals surface area contributed by atoms with E-state index < -0.39 is 0 Å². The van der Waals surface area contributed by atoms with Gasteiger partial charge in [0.1, 0.15) is 0 Å². The SMILES string of the molecule is C=C/C=C(\C=C)C(=O)NC1C=CC=C(NC(=O)/C(=C/C=C\C)CC)C1. The Morgan fingerprint density at radius 1 is 1.28 bits per heavy atom. The van der Waals surface area contributed by atoms with E-state index in [2.05, 4.69) is 23.8 Å². The van der Waals surface area contributed by atoms with Gasteiger partial charge in [-0.25, -0.2) is 0 Å². The van der Waals surface area contributed by atoms with Gasteiger partial charge in [0.15, 0.2) is 0 Å². The van der Waals surface area contributed by atoms with Gasteiger partial charge >= 0.3 is 0 Å². The molecule has 25 heavy (non-hydrogen) atoms. The van der Waals surface area contributed by atoms with E-state index in [1.807, 2.05) is 50.3 Å². The zero-order valence-corrected chi connectivity index (χ0v) is 14.9. The summed E-state index contributed by atoms with van der Waals surface area (Å²) in [7, 11) is 0. The van der Waals surface area contributed by atoms with E-state index in [0.29, 0.717) is 24.0 Å². The molecular formula is C21H26N2O2. The van der Waals surface area contributed by atoms with Crippen molar-refractivity contribution in [1.82, 2.24) is 10.6 Å². The highest BCUT2D eigenvalue weighted by atomic mass is 16.2. The molecule has 0 aliphatic heterocycles. The molecule has 0 aromatic heterocycles. The lowest BCUT2D eigenvalue weighted by atomic mass is 10.0. The fourth-order valence-corrected chi connectivity index (χ4v) is 2.28. The van der Waals surface area contributed by atoms with Gasteiger partial charge in [0.2, 0.25) is 0 Å². The van der Waals surface area contributed by atoms with E-state index in [1.54, 1.807) is 12.2 Å². The first-order valence-electron chi connectivity index (χ1n) is 8.32. The monoisotopic (exact) mass is 338 g/mol. The summed E-state index contributed by atoms with van der Waals surface area (Å²) in [6.45, 7) is 11.1. The Labute approximate surface area is 150 Å². The molecule has 2 N–H and O–H groups in total. The van der Waals surface area contributed by atoms with Crippen molar-refractivity contribution < 1.29 is 9.59 Å². The number of nitrogens with one attached hydrogen (secondary N) is 2. The fraction of sp³-hybridized carbons (Fsp3) is 0.238. The van der Waals surface area contributed by atoms with Crippen LogP contribution in [0.15, 0.2) is 84.7 Å². The molecule has 0 spiro atoms. The predicted molar refractivity (Wildman–Crippen MR) is 104 cm³/mol. The summed E-state index contributed by atoms with van der Waals surface area (Å²) in [4.78, 5) is 24.5. The summed E-state index contributed by atoms with van der Waals surface area (Å²) in [5, 5.41) is 5.82. The Bertz CT molecular complexity index is 676. The van der Waals surface area contributed by atoms with Crippen LogP contribution in [-0.4, -0.2) is 17.9 Å². The van der Waals surface area contributed by atoms with Crippen LogP contribution in [0.5, 0.6) is 0 Å². The first-order valence-corrected chi connectivity index (χ1v) is 8.32. The van der Waals surface area contributed by atoms with Crippen LogP contribution in [0, 0.1) is 0 Å². The molecule has 0 radical (unpaired) electrons. The second kappa shape index (κ2) is 10.8. The van der Waals surface area contributed by atoms with Gasteiger partial charge in [-0.15, -0.1) is 0 Å². The van der Waals surface area contributed by atoms with E-state index in [1.165, 1.54) is 6.08 Å². The molecule has 1 unspecified atom stereocenters. The molecule has 1 atom stereocenters. The number of allylic oxidation sites excluding steroid dienone is 7. The van der Waals surface area contributed by atoms with Gasteiger partial charge in [-0.1, -0.05) is 68.7 Å². The molecule has 0 saturated heterocycles. The number of rotatable bonds is 8. The van der Waals surface area contributed by atoms with E-state index >= 15 is 0 Å². The van der Waals surface area contributed by atoms with E-state index in [0.717, 1.165) is 5.70 Å². The Morgan fingerprint density at radius 2 is 2.04 bits per heavy atom. The molecule has 1 aliphatic rings. The predicted octanol–water partition coefficient (Wildman–Crippen LogP) is 3.64. The van der Waals surface area contributed by atoms with Crippen LogP contribution >= 0.6 is 0 Å². The fourth-order valence-electron chi connectivity index (χ4n) is 2.28. The van der Waals surface area contributed by atoms with Crippen molar-refractivity contribution in [3.05, 3.63) is 84.7 Å². The molecule has 4 heteroatoms. The standard InChI is InChI=1S/C21H26N2O2/c1-5-9-12-17(8-4)21(25)23-19-14-10-13-18(15-19)22-20(24)16(7-3)11-6-2/h5-7,9-14,18H,2-3,8,15H2,1,4H3,(H,22,24)(H,23,25)/b9-5-,16-11+,17-12+. The van der Waals surface area contributed by atoms with Gasteiger partial charge in [-0.3, -0.25) is 9.59 Å². The van der Waals surface area contributed by atoms with Crippen molar-refractivity contribution in [2.24, 2.45) is 0 Å². The minimum Gasteiger partial charge on any atom is -0.345 e. The number of hydrogen-bond acceptors (Lipinski definition) is 2. The van der Waals surface area contributed by atoms with Gasteiger partial charge in [-0.05, 0) is 19.4 Å². The Balaban J connectivity index is 2.71. The molecule has 132 valence electrons. The Kier molecular flexibility index (Phi) is 8.72. The van der Waals surface area contributed by atoms with Gasteiger partial charge in [-0.2, -0.15) is 0 Å². The van der Waals surface area contributed by atoms with E-state index in [-0.39, 0.29) is 17.9 Å².